The Bertz CT molecular complexity index is 358. The Morgan fingerprint density at radius 3 is 2.63 bits per heavy atom. The Labute approximate surface area is 118 Å². The van der Waals surface area contributed by atoms with Crippen LogP contribution in [0.25, 0.3) is 0 Å². The van der Waals surface area contributed by atoms with Crippen molar-refractivity contribution in [1.29, 1.82) is 0 Å². The molecular weight excluding hydrogens is 236 g/mol. The maximum absolute atomic E-state index is 5.87. The molecule has 0 radical (unpaired) electrons. The van der Waals surface area contributed by atoms with Gasteiger partial charge in [-0.25, -0.2) is 0 Å². The molecule has 0 saturated heterocycles. The number of hydrogen-bond acceptors (Lipinski definition) is 3. The molecule has 1 N–H and O–H groups in total. The van der Waals surface area contributed by atoms with Crippen LogP contribution >= 0.6 is 0 Å². The fraction of sp³-hybridized carbons (Fsp3) is 0.750. The van der Waals surface area contributed by atoms with Crippen LogP contribution < -0.4 is 5.32 Å². The molecule has 0 aliphatic heterocycles. The Kier molecular flexibility index (Phi) is 7.17. The van der Waals surface area contributed by atoms with Gasteiger partial charge in [-0.15, -0.1) is 0 Å². The average Bonchev–Trinajstić information content (AvgIpc) is 2.69. The number of nitrogens with zero attached hydrogens (tertiary/aromatic N) is 1. The molecule has 0 saturated carbocycles. The summed E-state index contributed by atoms with van der Waals surface area (Å²) in [6.45, 7) is 11.8. The standard InChI is InChI=1S/C16H30N2O/c1-6-7-8-9-18(13(2)3)12-16-10-15(11-17-5)14(4)19-16/h10,13,17H,6-9,11-12H2,1-5H3. The average molecular weight is 266 g/mol. The molecule has 1 heterocycles. The molecule has 110 valence electrons. The van der Waals surface area contributed by atoms with Crippen molar-refractivity contribution >= 4 is 0 Å². The smallest absolute Gasteiger partial charge is 0.118 e. The van der Waals surface area contributed by atoms with E-state index in [1.165, 1.54) is 24.8 Å². The van der Waals surface area contributed by atoms with E-state index in [4.69, 9.17) is 4.42 Å². The van der Waals surface area contributed by atoms with Crippen LogP contribution in [0.3, 0.4) is 0 Å². The maximum atomic E-state index is 5.87. The summed E-state index contributed by atoms with van der Waals surface area (Å²) in [6, 6.07) is 2.76. The van der Waals surface area contributed by atoms with E-state index in [0.29, 0.717) is 6.04 Å². The number of unbranched alkanes of at least 4 members (excludes halogenated alkanes) is 2. The maximum Gasteiger partial charge on any atom is 0.118 e. The van der Waals surface area contributed by atoms with Gasteiger partial charge in [-0.05, 0) is 46.9 Å². The van der Waals surface area contributed by atoms with E-state index in [-0.39, 0.29) is 0 Å². The minimum atomic E-state index is 0.565. The Morgan fingerprint density at radius 1 is 1.32 bits per heavy atom. The van der Waals surface area contributed by atoms with E-state index in [1.807, 2.05) is 14.0 Å². The molecule has 0 spiro atoms. The zero-order valence-corrected chi connectivity index (χ0v) is 13.3. The quantitative estimate of drug-likeness (QED) is 0.691. The SMILES string of the molecule is CCCCCN(Cc1cc(CNC)c(C)o1)C(C)C. The monoisotopic (exact) mass is 266 g/mol. The Hall–Kier alpha value is -0.800. The predicted molar refractivity (Wildman–Crippen MR) is 81.3 cm³/mol. The predicted octanol–water partition coefficient (Wildman–Crippen LogP) is 3.71. The second-order valence-corrected chi connectivity index (χ2v) is 5.60. The summed E-state index contributed by atoms with van der Waals surface area (Å²) in [5, 5.41) is 3.18. The van der Waals surface area contributed by atoms with Crippen molar-refractivity contribution in [2.75, 3.05) is 13.6 Å². The normalized spacial score (nSPS) is 11.7. The van der Waals surface area contributed by atoms with Gasteiger partial charge in [0.05, 0.1) is 6.54 Å². The third-order valence-electron chi connectivity index (χ3n) is 3.58. The molecule has 0 amide bonds. The van der Waals surface area contributed by atoms with Gasteiger partial charge in [0.25, 0.3) is 0 Å². The van der Waals surface area contributed by atoms with Gasteiger partial charge in [0.2, 0.25) is 0 Å². The molecule has 19 heavy (non-hydrogen) atoms. The topological polar surface area (TPSA) is 28.4 Å². The first-order valence-corrected chi connectivity index (χ1v) is 7.55. The molecular formula is C16H30N2O. The van der Waals surface area contributed by atoms with Gasteiger partial charge in [0.15, 0.2) is 0 Å². The summed E-state index contributed by atoms with van der Waals surface area (Å²) < 4.78 is 5.87. The van der Waals surface area contributed by atoms with Crippen LogP contribution in [0.2, 0.25) is 0 Å². The summed E-state index contributed by atoms with van der Waals surface area (Å²) in [5.41, 5.74) is 1.27. The molecule has 1 aromatic rings. The molecule has 1 rings (SSSR count). The van der Waals surface area contributed by atoms with E-state index in [0.717, 1.165) is 31.2 Å². The highest BCUT2D eigenvalue weighted by Crippen LogP contribution is 2.17. The number of furan rings is 1. The van der Waals surface area contributed by atoms with Gasteiger partial charge in [-0.2, -0.15) is 0 Å². The van der Waals surface area contributed by atoms with Crippen molar-refractivity contribution in [3.8, 4) is 0 Å². The molecule has 1 aromatic heterocycles. The summed E-state index contributed by atoms with van der Waals surface area (Å²) in [7, 11) is 1.97. The van der Waals surface area contributed by atoms with Crippen LogP contribution in [-0.2, 0) is 13.1 Å². The third kappa shape index (κ3) is 5.37. The lowest BCUT2D eigenvalue weighted by Crippen LogP contribution is -2.31. The zero-order valence-electron chi connectivity index (χ0n) is 13.3. The van der Waals surface area contributed by atoms with Crippen molar-refractivity contribution in [2.24, 2.45) is 0 Å². The second-order valence-electron chi connectivity index (χ2n) is 5.60. The summed E-state index contributed by atoms with van der Waals surface area (Å²) in [5.74, 6) is 2.13. The summed E-state index contributed by atoms with van der Waals surface area (Å²) >= 11 is 0. The largest absolute Gasteiger partial charge is 0.465 e. The van der Waals surface area contributed by atoms with Crippen LogP contribution in [0, 0.1) is 6.92 Å². The number of hydrogen-bond donors (Lipinski definition) is 1. The van der Waals surface area contributed by atoms with E-state index < -0.39 is 0 Å². The summed E-state index contributed by atoms with van der Waals surface area (Å²) in [4.78, 5) is 2.50. The fourth-order valence-electron chi connectivity index (χ4n) is 2.32. The van der Waals surface area contributed by atoms with Crippen molar-refractivity contribution in [3.63, 3.8) is 0 Å². The minimum absolute atomic E-state index is 0.565. The lowest BCUT2D eigenvalue weighted by atomic mass is 10.2. The summed E-state index contributed by atoms with van der Waals surface area (Å²) in [6.07, 6.45) is 3.86. The van der Waals surface area contributed by atoms with Crippen LogP contribution in [-0.4, -0.2) is 24.5 Å². The third-order valence-corrected chi connectivity index (χ3v) is 3.58. The lowest BCUT2D eigenvalue weighted by Gasteiger charge is -2.25. The molecule has 0 aliphatic rings. The number of aryl methyl sites for hydroxylation is 1. The van der Waals surface area contributed by atoms with E-state index in [1.54, 1.807) is 0 Å². The highest BCUT2D eigenvalue weighted by Gasteiger charge is 2.13. The zero-order chi connectivity index (χ0) is 14.3. The number of rotatable bonds is 9. The molecule has 0 unspecified atom stereocenters. The molecule has 3 nitrogen and oxygen atoms in total. The highest BCUT2D eigenvalue weighted by atomic mass is 16.3. The van der Waals surface area contributed by atoms with Crippen molar-refractivity contribution in [3.05, 3.63) is 23.2 Å². The first-order chi connectivity index (χ1) is 9.08. The lowest BCUT2D eigenvalue weighted by molar-refractivity contribution is 0.192. The van der Waals surface area contributed by atoms with Gasteiger partial charge in [0, 0.05) is 18.2 Å². The van der Waals surface area contributed by atoms with Crippen molar-refractivity contribution in [2.45, 2.75) is 66.1 Å². The van der Waals surface area contributed by atoms with Gasteiger partial charge in [0.1, 0.15) is 11.5 Å². The van der Waals surface area contributed by atoms with E-state index >= 15 is 0 Å². The van der Waals surface area contributed by atoms with E-state index in [2.05, 4.69) is 37.1 Å². The molecule has 0 bridgehead atoms. The van der Waals surface area contributed by atoms with E-state index in [9.17, 15) is 0 Å². The highest BCUT2D eigenvalue weighted by molar-refractivity contribution is 5.20. The Balaban J connectivity index is 2.60. The van der Waals surface area contributed by atoms with Crippen LogP contribution in [0.5, 0.6) is 0 Å². The molecule has 0 aliphatic carbocycles. The Morgan fingerprint density at radius 2 is 2.05 bits per heavy atom. The fourth-order valence-corrected chi connectivity index (χ4v) is 2.32. The van der Waals surface area contributed by atoms with Crippen molar-refractivity contribution in [1.82, 2.24) is 10.2 Å². The molecule has 3 heteroatoms. The van der Waals surface area contributed by atoms with Crippen molar-refractivity contribution < 1.29 is 4.42 Å². The van der Waals surface area contributed by atoms with Gasteiger partial charge in [-0.1, -0.05) is 19.8 Å². The first-order valence-electron chi connectivity index (χ1n) is 7.55. The first kappa shape index (κ1) is 16.3. The number of nitrogens with one attached hydrogen (secondary N) is 1. The van der Waals surface area contributed by atoms with Gasteiger partial charge in [-0.3, -0.25) is 4.90 Å². The second kappa shape index (κ2) is 8.39. The van der Waals surface area contributed by atoms with Crippen LogP contribution in [0.4, 0.5) is 0 Å². The van der Waals surface area contributed by atoms with Gasteiger partial charge >= 0.3 is 0 Å². The van der Waals surface area contributed by atoms with Crippen LogP contribution in [0.1, 0.15) is 57.1 Å². The molecule has 0 aromatic carbocycles. The minimum Gasteiger partial charge on any atom is -0.465 e. The molecule has 0 fully saturated rings. The molecule has 0 atom stereocenters. The van der Waals surface area contributed by atoms with Crippen LogP contribution in [0.15, 0.2) is 10.5 Å². The van der Waals surface area contributed by atoms with Gasteiger partial charge < -0.3 is 9.73 Å².